The van der Waals surface area contributed by atoms with Crippen LogP contribution >= 0.6 is 23.2 Å². The molecule has 7 heteroatoms. The van der Waals surface area contributed by atoms with Crippen molar-refractivity contribution in [3.05, 3.63) is 46.3 Å². The van der Waals surface area contributed by atoms with Crippen LogP contribution in [-0.4, -0.2) is 19.6 Å². The summed E-state index contributed by atoms with van der Waals surface area (Å²) in [4.78, 5) is 8.06. The van der Waals surface area contributed by atoms with Crippen LogP contribution in [0.5, 0.6) is 0 Å². The van der Waals surface area contributed by atoms with Crippen molar-refractivity contribution in [3.63, 3.8) is 0 Å². The summed E-state index contributed by atoms with van der Waals surface area (Å²) in [5.74, 6) is 1.11. The monoisotopic (exact) mass is 293 g/mol. The minimum Gasteiger partial charge on any atom is -0.340 e. The molecule has 5 nitrogen and oxygen atoms in total. The normalized spacial score (nSPS) is 10.9. The van der Waals surface area contributed by atoms with E-state index in [0.29, 0.717) is 21.8 Å². The molecule has 0 saturated heterocycles. The lowest BCUT2D eigenvalue weighted by molar-refractivity contribution is 0.947. The first-order chi connectivity index (χ1) is 9.13. The summed E-state index contributed by atoms with van der Waals surface area (Å²) in [6.07, 6.45) is 1.42. The number of nitrogens with one attached hydrogen (secondary N) is 1. The zero-order chi connectivity index (χ0) is 13.4. The van der Waals surface area contributed by atoms with Crippen LogP contribution in [0.3, 0.4) is 0 Å². The number of aryl methyl sites for hydroxylation is 1. The van der Waals surface area contributed by atoms with Gasteiger partial charge in [-0.1, -0.05) is 29.3 Å². The van der Waals surface area contributed by atoms with Crippen LogP contribution < -0.4 is 5.32 Å². The molecule has 0 aliphatic rings. The van der Waals surface area contributed by atoms with Gasteiger partial charge in [0.1, 0.15) is 17.3 Å². The van der Waals surface area contributed by atoms with Gasteiger partial charge < -0.3 is 5.32 Å². The van der Waals surface area contributed by atoms with E-state index in [4.69, 9.17) is 23.2 Å². The minimum absolute atomic E-state index is 0.348. The quantitative estimate of drug-likeness (QED) is 0.735. The molecule has 2 aromatic heterocycles. The molecule has 3 aromatic rings. The first-order valence-corrected chi connectivity index (χ1v) is 6.28. The third-order valence-corrected chi connectivity index (χ3v) is 3.27. The van der Waals surface area contributed by atoms with Crippen molar-refractivity contribution in [2.45, 2.75) is 6.92 Å². The summed E-state index contributed by atoms with van der Waals surface area (Å²) >= 11 is 12.0. The Morgan fingerprint density at radius 3 is 2.84 bits per heavy atom. The summed E-state index contributed by atoms with van der Waals surface area (Å²) in [5.41, 5.74) is 1.86. The van der Waals surface area contributed by atoms with Gasteiger partial charge in [0.2, 0.25) is 0 Å². The molecule has 2 heterocycles. The summed E-state index contributed by atoms with van der Waals surface area (Å²) in [6.45, 7) is 1.95. The first kappa shape index (κ1) is 12.2. The molecule has 0 aliphatic carbocycles. The molecule has 0 aliphatic heterocycles. The Kier molecular flexibility index (Phi) is 3.00. The number of hydrogen-bond donors (Lipinski definition) is 1. The largest absolute Gasteiger partial charge is 0.340 e. The topological polar surface area (TPSA) is 55.1 Å². The number of hydrogen-bond acceptors (Lipinski definition) is 4. The Balaban J connectivity index is 2.04. The number of rotatable bonds is 2. The SMILES string of the molecule is Cc1ccc(Nc2cc(Cl)nc3ncnn23)cc1Cl. The van der Waals surface area contributed by atoms with Crippen molar-refractivity contribution < 1.29 is 0 Å². The number of benzene rings is 1. The highest BCUT2D eigenvalue weighted by molar-refractivity contribution is 6.31. The van der Waals surface area contributed by atoms with Crippen molar-refractivity contribution in [2.24, 2.45) is 0 Å². The Labute approximate surface area is 119 Å². The summed E-state index contributed by atoms with van der Waals surface area (Å²) < 4.78 is 1.57. The molecular weight excluding hydrogens is 285 g/mol. The Bertz CT molecular complexity index is 753. The van der Waals surface area contributed by atoms with Gasteiger partial charge >= 0.3 is 0 Å². The molecule has 0 bridgehead atoms. The van der Waals surface area contributed by atoms with Crippen LogP contribution in [0.2, 0.25) is 10.2 Å². The molecule has 0 radical (unpaired) electrons. The number of fused-ring (bicyclic) bond motifs is 1. The molecule has 96 valence electrons. The number of aromatic nitrogens is 4. The van der Waals surface area contributed by atoms with E-state index in [9.17, 15) is 0 Å². The van der Waals surface area contributed by atoms with Crippen molar-refractivity contribution >= 4 is 40.5 Å². The van der Waals surface area contributed by atoms with Gasteiger partial charge in [0.05, 0.1) is 0 Å². The second-order valence-corrected chi connectivity index (χ2v) is 4.82. The Hall–Kier alpha value is -1.85. The molecule has 0 amide bonds. The van der Waals surface area contributed by atoms with E-state index in [1.54, 1.807) is 10.6 Å². The van der Waals surface area contributed by atoms with Gasteiger partial charge in [-0.25, -0.2) is 0 Å². The molecule has 0 atom stereocenters. The molecule has 0 spiro atoms. The van der Waals surface area contributed by atoms with Gasteiger partial charge in [-0.3, -0.25) is 0 Å². The van der Waals surface area contributed by atoms with Gasteiger partial charge in [0.15, 0.2) is 0 Å². The second-order valence-electron chi connectivity index (χ2n) is 4.02. The van der Waals surface area contributed by atoms with Crippen LogP contribution in [0, 0.1) is 6.92 Å². The van der Waals surface area contributed by atoms with E-state index < -0.39 is 0 Å². The van der Waals surface area contributed by atoms with Crippen LogP contribution in [-0.2, 0) is 0 Å². The molecule has 1 N–H and O–H groups in total. The number of anilines is 2. The highest BCUT2D eigenvalue weighted by atomic mass is 35.5. The summed E-state index contributed by atoms with van der Waals surface area (Å²) in [5, 5.41) is 8.32. The number of nitrogens with zero attached hydrogens (tertiary/aromatic N) is 4. The van der Waals surface area contributed by atoms with Crippen LogP contribution in [0.4, 0.5) is 11.5 Å². The van der Waals surface area contributed by atoms with Crippen LogP contribution in [0.25, 0.3) is 5.78 Å². The maximum atomic E-state index is 6.10. The van der Waals surface area contributed by atoms with Crippen LogP contribution in [0.1, 0.15) is 5.56 Å². The lowest BCUT2D eigenvalue weighted by atomic mass is 10.2. The van der Waals surface area contributed by atoms with Gasteiger partial charge in [0, 0.05) is 16.8 Å². The average molecular weight is 294 g/mol. The maximum absolute atomic E-state index is 6.10. The lowest BCUT2D eigenvalue weighted by Gasteiger charge is -2.09. The molecule has 0 unspecified atom stereocenters. The molecule has 1 aromatic carbocycles. The minimum atomic E-state index is 0.348. The van der Waals surface area contributed by atoms with Crippen LogP contribution in [0.15, 0.2) is 30.6 Å². The zero-order valence-corrected chi connectivity index (χ0v) is 11.4. The van der Waals surface area contributed by atoms with E-state index in [1.165, 1.54) is 6.33 Å². The third-order valence-electron chi connectivity index (χ3n) is 2.66. The van der Waals surface area contributed by atoms with E-state index in [-0.39, 0.29) is 0 Å². The van der Waals surface area contributed by atoms with Crippen molar-refractivity contribution in [3.8, 4) is 0 Å². The fraction of sp³-hybridized carbons (Fsp3) is 0.0833. The molecular formula is C12H9Cl2N5. The third kappa shape index (κ3) is 2.34. The first-order valence-electron chi connectivity index (χ1n) is 5.53. The predicted octanol–water partition coefficient (Wildman–Crippen LogP) is 3.48. The molecule has 0 fully saturated rings. The van der Waals surface area contributed by atoms with E-state index in [1.807, 2.05) is 25.1 Å². The second kappa shape index (κ2) is 4.68. The fourth-order valence-corrected chi connectivity index (χ4v) is 2.05. The lowest BCUT2D eigenvalue weighted by Crippen LogP contribution is -2.01. The standard InChI is InChI=1S/C12H9Cl2N5/c1-7-2-3-8(4-9(7)13)17-11-5-10(14)18-12-15-6-16-19(11)12/h2-6,17H,1H3. The van der Waals surface area contributed by atoms with Gasteiger partial charge in [-0.15, -0.1) is 0 Å². The predicted molar refractivity (Wildman–Crippen MR) is 75.3 cm³/mol. The van der Waals surface area contributed by atoms with Crippen molar-refractivity contribution in [2.75, 3.05) is 5.32 Å². The van der Waals surface area contributed by atoms with E-state index >= 15 is 0 Å². The fourth-order valence-electron chi connectivity index (χ4n) is 1.69. The molecule has 3 rings (SSSR count). The highest BCUT2D eigenvalue weighted by Crippen LogP contribution is 2.24. The molecule has 19 heavy (non-hydrogen) atoms. The van der Waals surface area contributed by atoms with Gasteiger partial charge in [0.25, 0.3) is 5.78 Å². The number of halogens is 2. The van der Waals surface area contributed by atoms with E-state index in [2.05, 4.69) is 20.4 Å². The zero-order valence-electron chi connectivity index (χ0n) is 9.93. The molecule has 0 saturated carbocycles. The van der Waals surface area contributed by atoms with E-state index in [0.717, 1.165) is 11.3 Å². The van der Waals surface area contributed by atoms with Crippen molar-refractivity contribution in [1.82, 2.24) is 19.6 Å². The van der Waals surface area contributed by atoms with Gasteiger partial charge in [-0.2, -0.15) is 19.6 Å². The van der Waals surface area contributed by atoms with Crippen molar-refractivity contribution in [1.29, 1.82) is 0 Å². The highest BCUT2D eigenvalue weighted by Gasteiger charge is 2.07. The Morgan fingerprint density at radius 2 is 2.05 bits per heavy atom. The average Bonchev–Trinajstić information content (AvgIpc) is 2.82. The maximum Gasteiger partial charge on any atom is 0.255 e. The summed E-state index contributed by atoms with van der Waals surface area (Å²) in [6, 6.07) is 7.38. The van der Waals surface area contributed by atoms with Gasteiger partial charge in [-0.05, 0) is 24.6 Å². The smallest absolute Gasteiger partial charge is 0.255 e. The Morgan fingerprint density at radius 1 is 1.21 bits per heavy atom. The summed E-state index contributed by atoms with van der Waals surface area (Å²) in [7, 11) is 0.